The van der Waals surface area contributed by atoms with Gasteiger partial charge in [-0.15, -0.1) is 92.8 Å². The molecule has 2 fully saturated rings. The summed E-state index contributed by atoms with van der Waals surface area (Å²) >= 11 is 50.3. The van der Waals surface area contributed by atoms with Crippen LogP contribution in [0.4, 0.5) is 0 Å². The number of rotatable bonds is 2. The summed E-state index contributed by atoms with van der Waals surface area (Å²) in [4.78, 5) is -1.63. The second-order valence-electron chi connectivity index (χ2n) is 5.04. The number of hydrogen-bond acceptors (Lipinski definition) is 0. The van der Waals surface area contributed by atoms with Crippen LogP contribution in [0.25, 0.3) is 0 Å². The Morgan fingerprint density at radius 2 is 1.17 bits per heavy atom. The molecule has 0 radical (unpaired) electrons. The predicted octanol–water partition coefficient (Wildman–Crippen LogP) is 5.66. The minimum Gasteiger partial charge on any atom is -0.121 e. The molecule has 2 aliphatic rings. The molecule has 0 aromatic heterocycles. The molecule has 0 aliphatic heterocycles. The van der Waals surface area contributed by atoms with Crippen molar-refractivity contribution in [1.29, 1.82) is 0 Å². The van der Waals surface area contributed by atoms with Gasteiger partial charge in [0, 0.05) is 16.7 Å². The van der Waals surface area contributed by atoms with Crippen molar-refractivity contribution in [3.63, 3.8) is 0 Å². The normalized spacial score (nSPS) is 55.8. The first kappa shape index (κ1) is 16.7. The van der Waals surface area contributed by atoms with E-state index < -0.39 is 42.0 Å². The Kier molecular flexibility index (Phi) is 4.82. The highest BCUT2D eigenvalue weighted by molar-refractivity contribution is 6.49. The van der Waals surface area contributed by atoms with Crippen molar-refractivity contribution >= 4 is 92.8 Å². The van der Waals surface area contributed by atoms with Crippen LogP contribution in [0.3, 0.4) is 0 Å². The summed E-state index contributed by atoms with van der Waals surface area (Å²) in [5.41, 5.74) is -1.65. The maximum atomic E-state index is 6.44. The van der Waals surface area contributed by atoms with Crippen LogP contribution in [0.2, 0.25) is 0 Å². The van der Waals surface area contributed by atoms with Gasteiger partial charge in [-0.3, -0.25) is 0 Å². The molecule has 0 heterocycles. The van der Waals surface area contributed by atoms with E-state index in [9.17, 15) is 0 Å². The van der Waals surface area contributed by atoms with E-state index >= 15 is 0 Å². The van der Waals surface area contributed by atoms with Crippen molar-refractivity contribution in [2.45, 2.75) is 38.1 Å². The Bertz CT molecular complexity index is 329. The van der Waals surface area contributed by atoms with Gasteiger partial charge in [0.05, 0.1) is 21.5 Å². The Morgan fingerprint density at radius 1 is 0.778 bits per heavy atom. The van der Waals surface area contributed by atoms with Gasteiger partial charge in [-0.1, -0.05) is 6.92 Å². The highest BCUT2D eigenvalue weighted by Crippen LogP contribution is 2.75. The van der Waals surface area contributed by atoms with Crippen LogP contribution >= 0.6 is 92.8 Å². The maximum Gasteiger partial charge on any atom is 0.117 e. The van der Waals surface area contributed by atoms with E-state index in [-0.39, 0.29) is 5.92 Å². The summed E-state index contributed by atoms with van der Waals surface area (Å²) in [6, 6.07) is 0. The highest BCUT2D eigenvalue weighted by atomic mass is 35.5. The smallest absolute Gasteiger partial charge is 0.117 e. The second kappa shape index (κ2) is 5.20. The molecule has 2 rings (SSSR count). The van der Waals surface area contributed by atoms with Crippen LogP contribution < -0.4 is 0 Å². The molecule has 5 unspecified atom stereocenters. The highest BCUT2D eigenvalue weighted by Gasteiger charge is 2.80. The Hall–Kier alpha value is 2.32. The van der Waals surface area contributed by atoms with E-state index in [4.69, 9.17) is 92.8 Å². The van der Waals surface area contributed by atoms with E-state index in [0.29, 0.717) is 0 Å². The van der Waals surface area contributed by atoms with E-state index in [1.54, 1.807) is 0 Å². The fourth-order valence-corrected chi connectivity index (χ4v) is 8.21. The third kappa shape index (κ3) is 1.67. The molecule has 8 heteroatoms. The molecular weight excluding hydrogens is 404 g/mol. The first-order valence-corrected chi connectivity index (χ1v) is 8.76. The van der Waals surface area contributed by atoms with Crippen LogP contribution in [0.15, 0.2) is 0 Å². The molecule has 0 aromatic carbocycles. The fraction of sp³-hybridized carbons (Fsp3) is 1.00. The lowest BCUT2D eigenvalue weighted by Gasteiger charge is -2.46. The van der Waals surface area contributed by atoms with Crippen molar-refractivity contribution in [3.05, 3.63) is 0 Å². The minimum absolute atomic E-state index is 0.245. The van der Waals surface area contributed by atoms with Gasteiger partial charge in [0.25, 0.3) is 0 Å². The lowest BCUT2D eigenvalue weighted by Crippen LogP contribution is -2.53. The molecule has 106 valence electrons. The molecule has 0 N–H and O–H groups in total. The number of alkyl halides is 8. The Labute approximate surface area is 146 Å². The molecule has 18 heavy (non-hydrogen) atoms. The number of fused-ring (bicyclic) bond motifs is 2. The zero-order valence-electron chi connectivity index (χ0n) is 9.07. The Balaban J connectivity index is 2.67. The first-order chi connectivity index (χ1) is 8.15. The van der Waals surface area contributed by atoms with Crippen LogP contribution in [0.5, 0.6) is 0 Å². The standard InChI is InChI=1S/C10H10Cl8/c1-9(7(15)16)2-3(11)5(13)10(9,8(17)18)6(14)4(2)12/h2-8H,1H3. The monoisotopic (exact) mass is 410 g/mol. The summed E-state index contributed by atoms with van der Waals surface area (Å²) in [7, 11) is 0. The summed E-state index contributed by atoms with van der Waals surface area (Å²) < 4.78 is 0. The van der Waals surface area contributed by atoms with E-state index in [0.717, 1.165) is 0 Å². The summed E-state index contributed by atoms with van der Waals surface area (Å²) in [6.07, 6.45) is 0. The average molecular weight is 414 g/mol. The van der Waals surface area contributed by atoms with Crippen LogP contribution in [0.1, 0.15) is 6.92 Å². The van der Waals surface area contributed by atoms with Crippen LogP contribution in [0, 0.1) is 16.7 Å². The van der Waals surface area contributed by atoms with Gasteiger partial charge in [-0.25, -0.2) is 0 Å². The predicted molar refractivity (Wildman–Crippen MR) is 83.6 cm³/mol. The third-order valence-electron chi connectivity index (χ3n) is 4.60. The van der Waals surface area contributed by atoms with Crippen LogP contribution in [-0.4, -0.2) is 31.2 Å². The average Bonchev–Trinajstić information content (AvgIpc) is 2.55. The summed E-state index contributed by atoms with van der Waals surface area (Å²) in [6.45, 7) is 1.86. The number of halogens is 8. The Morgan fingerprint density at radius 3 is 1.39 bits per heavy atom. The van der Waals surface area contributed by atoms with E-state index in [2.05, 4.69) is 0 Å². The topological polar surface area (TPSA) is 0 Å². The summed E-state index contributed by atoms with van der Waals surface area (Å²) in [5.74, 6) is -0.245. The molecule has 2 aliphatic carbocycles. The van der Waals surface area contributed by atoms with Gasteiger partial charge in [0.2, 0.25) is 0 Å². The molecule has 0 amide bonds. The molecule has 2 bridgehead atoms. The number of hydrogen-bond donors (Lipinski definition) is 0. The van der Waals surface area contributed by atoms with Gasteiger partial charge >= 0.3 is 0 Å². The largest absolute Gasteiger partial charge is 0.121 e. The quantitative estimate of drug-likeness (QED) is 0.512. The molecular formula is C10H10Cl8. The lowest BCUT2D eigenvalue weighted by atomic mass is 9.70. The van der Waals surface area contributed by atoms with Crippen molar-refractivity contribution in [1.82, 2.24) is 0 Å². The third-order valence-corrected chi connectivity index (χ3v) is 8.80. The van der Waals surface area contributed by atoms with Crippen molar-refractivity contribution in [2.75, 3.05) is 0 Å². The van der Waals surface area contributed by atoms with E-state index in [1.807, 2.05) is 6.92 Å². The SMILES string of the molecule is CC1(C(Cl)Cl)C2C(Cl)C(Cl)C1(C(Cl)Cl)C(Cl)C2Cl. The minimum atomic E-state index is -0.920. The maximum absolute atomic E-state index is 6.44. The van der Waals surface area contributed by atoms with Crippen molar-refractivity contribution < 1.29 is 0 Å². The summed E-state index contributed by atoms with van der Waals surface area (Å²) in [5, 5.41) is -1.92. The van der Waals surface area contributed by atoms with Gasteiger partial charge in [-0.05, 0) is 0 Å². The molecule has 5 atom stereocenters. The molecule has 0 saturated heterocycles. The van der Waals surface area contributed by atoms with Gasteiger partial charge in [-0.2, -0.15) is 0 Å². The van der Waals surface area contributed by atoms with Crippen molar-refractivity contribution in [2.24, 2.45) is 16.7 Å². The lowest BCUT2D eigenvalue weighted by molar-refractivity contribution is 0.143. The first-order valence-electron chi connectivity index (χ1n) is 5.27. The van der Waals surface area contributed by atoms with Crippen molar-refractivity contribution in [3.8, 4) is 0 Å². The molecule has 0 spiro atoms. The van der Waals surface area contributed by atoms with Gasteiger partial charge in [0.1, 0.15) is 9.67 Å². The zero-order valence-corrected chi connectivity index (χ0v) is 15.1. The molecule has 0 nitrogen and oxygen atoms in total. The van der Waals surface area contributed by atoms with E-state index in [1.165, 1.54) is 0 Å². The van der Waals surface area contributed by atoms with Gasteiger partial charge < -0.3 is 0 Å². The second-order valence-corrected chi connectivity index (χ2v) is 9.18. The van der Waals surface area contributed by atoms with Gasteiger partial charge in [0.15, 0.2) is 0 Å². The molecule has 0 aromatic rings. The van der Waals surface area contributed by atoms with Crippen LogP contribution in [-0.2, 0) is 0 Å². The zero-order chi connectivity index (χ0) is 14.0. The fourth-order valence-electron chi connectivity index (χ4n) is 3.57. The molecule has 2 saturated carbocycles.